The van der Waals surface area contributed by atoms with Crippen LogP contribution in [0.3, 0.4) is 0 Å². The van der Waals surface area contributed by atoms with E-state index in [4.69, 9.17) is 9.47 Å². The van der Waals surface area contributed by atoms with E-state index >= 15 is 0 Å². The second kappa shape index (κ2) is 12.2. The molecule has 1 fully saturated rings. The average molecular weight is 485 g/mol. The molecule has 0 atom stereocenters. The Labute approximate surface area is 212 Å². The molecule has 3 aromatic rings. The van der Waals surface area contributed by atoms with Crippen molar-refractivity contribution in [2.45, 2.75) is 38.6 Å². The maximum Gasteiger partial charge on any atom is 0.330 e. The quantitative estimate of drug-likeness (QED) is 0.287. The van der Waals surface area contributed by atoms with Crippen molar-refractivity contribution in [2.75, 3.05) is 19.1 Å². The lowest BCUT2D eigenvalue weighted by molar-refractivity contribution is -0.134. The van der Waals surface area contributed by atoms with Crippen molar-refractivity contribution in [3.63, 3.8) is 0 Å². The van der Waals surface area contributed by atoms with Gasteiger partial charge in [-0.1, -0.05) is 55.7 Å². The van der Waals surface area contributed by atoms with Crippen LogP contribution in [-0.4, -0.2) is 31.1 Å². The number of ether oxygens (including phenoxy) is 2. The van der Waals surface area contributed by atoms with Gasteiger partial charge in [0.15, 0.2) is 0 Å². The topological polar surface area (TPSA) is 68.7 Å². The Morgan fingerprint density at radius 3 is 2.39 bits per heavy atom. The Morgan fingerprint density at radius 1 is 0.972 bits per heavy atom. The second-order valence-corrected chi connectivity index (χ2v) is 9.00. The van der Waals surface area contributed by atoms with Crippen molar-refractivity contribution in [3.8, 4) is 17.0 Å². The normalized spacial score (nSPS) is 13.9. The molecule has 0 spiro atoms. The highest BCUT2D eigenvalue weighted by Gasteiger charge is 2.27. The van der Waals surface area contributed by atoms with Crippen molar-refractivity contribution in [3.05, 3.63) is 84.1 Å². The van der Waals surface area contributed by atoms with Crippen LogP contribution in [0.15, 0.2) is 72.9 Å². The summed E-state index contributed by atoms with van der Waals surface area (Å²) in [5.74, 6) is 0.364. The summed E-state index contributed by atoms with van der Waals surface area (Å²) in [6.45, 7) is 0.473. The first-order valence-corrected chi connectivity index (χ1v) is 12.3. The molecule has 0 unspecified atom stereocenters. The minimum atomic E-state index is -0.414. The number of aromatic nitrogens is 1. The van der Waals surface area contributed by atoms with E-state index in [1.807, 2.05) is 41.3 Å². The first-order chi connectivity index (χ1) is 17.6. The molecule has 4 rings (SSSR count). The van der Waals surface area contributed by atoms with E-state index in [1.165, 1.54) is 19.6 Å². The molecular formula is C30H32N2O4. The molecule has 1 amide bonds. The minimum absolute atomic E-state index is 0.0395. The third kappa shape index (κ3) is 6.39. The maximum absolute atomic E-state index is 13.7. The number of methoxy groups -OCH3 is 2. The van der Waals surface area contributed by atoms with Gasteiger partial charge in [0.25, 0.3) is 0 Å². The van der Waals surface area contributed by atoms with Crippen molar-refractivity contribution in [1.82, 2.24) is 4.98 Å². The van der Waals surface area contributed by atoms with E-state index in [0.717, 1.165) is 53.6 Å². The number of rotatable bonds is 8. The van der Waals surface area contributed by atoms with E-state index in [1.54, 1.807) is 19.4 Å². The Hall–Kier alpha value is -3.93. The van der Waals surface area contributed by atoms with Gasteiger partial charge < -0.3 is 14.4 Å². The molecule has 1 aliphatic carbocycles. The lowest BCUT2D eigenvalue weighted by atomic mass is 9.88. The van der Waals surface area contributed by atoms with E-state index in [2.05, 4.69) is 29.2 Å². The summed E-state index contributed by atoms with van der Waals surface area (Å²) in [6, 6.07) is 19.8. The molecule has 2 aromatic carbocycles. The van der Waals surface area contributed by atoms with Crippen LogP contribution >= 0.6 is 0 Å². The van der Waals surface area contributed by atoms with Gasteiger partial charge in [0.05, 0.1) is 20.8 Å². The summed E-state index contributed by atoms with van der Waals surface area (Å²) in [7, 11) is 2.95. The third-order valence-corrected chi connectivity index (χ3v) is 6.59. The number of benzene rings is 2. The van der Waals surface area contributed by atoms with Gasteiger partial charge in [-0.15, -0.1) is 0 Å². The van der Waals surface area contributed by atoms with Crippen molar-refractivity contribution in [1.29, 1.82) is 0 Å². The highest BCUT2D eigenvalue weighted by Crippen LogP contribution is 2.30. The molecule has 0 aliphatic heterocycles. The fraction of sp³-hybridized carbons (Fsp3) is 0.300. The summed E-state index contributed by atoms with van der Waals surface area (Å²) in [4.78, 5) is 31.4. The fourth-order valence-corrected chi connectivity index (χ4v) is 4.55. The molecule has 0 N–H and O–H groups in total. The lowest BCUT2D eigenvalue weighted by Crippen LogP contribution is -2.36. The van der Waals surface area contributed by atoms with Crippen LogP contribution < -0.4 is 9.64 Å². The van der Waals surface area contributed by atoms with Gasteiger partial charge in [-0.05, 0) is 53.8 Å². The number of hydrogen-bond acceptors (Lipinski definition) is 5. The molecule has 36 heavy (non-hydrogen) atoms. The SMILES string of the molecule is COC(=O)/C=C/c1cccc(N(Cc2ccc(-c3ccc(OC)nc3)cc2)C(=O)C2CCCCC2)c1. The molecule has 1 aromatic heterocycles. The number of esters is 1. The van der Waals surface area contributed by atoms with Crippen LogP contribution in [-0.2, 0) is 20.9 Å². The van der Waals surface area contributed by atoms with E-state index in [0.29, 0.717) is 12.4 Å². The summed E-state index contributed by atoms with van der Waals surface area (Å²) < 4.78 is 9.85. The van der Waals surface area contributed by atoms with Crippen molar-refractivity contribution < 1.29 is 19.1 Å². The first-order valence-electron chi connectivity index (χ1n) is 12.3. The van der Waals surface area contributed by atoms with Crippen LogP contribution in [0, 0.1) is 5.92 Å². The summed E-state index contributed by atoms with van der Waals surface area (Å²) >= 11 is 0. The molecule has 0 saturated heterocycles. The number of nitrogens with zero attached hydrogens (tertiary/aromatic N) is 2. The standard InChI is InChI=1S/C30H32N2O4/c1-35-28-17-16-26(20-31-28)24-14-11-23(12-15-24)21-32(30(34)25-8-4-3-5-9-25)27-10-6-7-22(19-27)13-18-29(33)36-2/h6-7,10-20,25H,3-5,8-9,21H2,1-2H3/b18-13+. The van der Waals surface area contributed by atoms with E-state index < -0.39 is 5.97 Å². The number of pyridine rings is 1. The molecule has 0 bridgehead atoms. The average Bonchev–Trinajstić information content (AvgIpc) is 2.95. The van der Waals surface area contributed by atoms with Gasteiger partial charge in [0.1, 0.15) is 0 Å². The molecule has 1 heterocycles. The fourth-order valence-electron chi connectivity index (χ4n) is 4.55. The summed E-state index contributed by atoms with van der Waals surface area (Å²) in [6.07, 6.45) is 10.1. The Balaban J connectivity index is 1.59. The van der Waals surface area contributed by atoms with Crippen molar-refractivity contribution >= 4 is 23.6 Å². The molecule has 6 nitrogen and oxygen atoms in total. The maximum atomic E-state index is 13.7. The van der Waals surface area contributed by atoms with Crippen LogP contribution in [0.25, 0.3) is 17.2 Å². The molecular weight excluding hydrogens is 452 g/mol. The molecule has 186 valence electrons. The Kier molecular flexibility index (Phi) is 8.50. The monoisotopic (exact) mass is 484 g/mol. The van der Waals surface area contributed by atoms with E-state index in [9.17, 15) is 9.59 Å². The molecule has 1 saturated carbocycles. The summed E-state index contributed by atoms with van der Waals surface area (Å²) in [5, 5.41) is 0. The number of anilines is 1. The van der Waals surface area contributed by atoms with Crippen LogP contribution in [0.4, 0.5) is 5.69 Å². The Morgan fingerprint density at radius 2 is 1.72 bits per heavy atom. The Bertz CT molecular complexity index is 1200. The van der Waals surface area contributed by atoms with Crippen LogP contribution in [0.2, 0.25) is 0 Å². The number of carbonyl (C=O) groups excluding carboxylic acids is 2. The highest BCUT2D eigenvalue weighted by molar-refractivity contribution is 5.95. The molecule has 1 aliphatic rings. The zero-order valence-electron chi connectivity index (χ0n) is 20.9. The predicted molar refractivity (Wildman–Crippen MR) is 141 cm³/mol. The first kappa shape index (κ1) is 25.2. The van der Waals surface area contributed by atoms with Gasteiger partial charge in [0, 0.05) is 35.5 Å². The van der Waals surface area contributed by atoms with Gasteiger partial charge in [-0.3, -0.25) is 4.79 Å². The van der Waals surface area contributed by atoms with Crippen LogP contribution in [0.5, 0.6) is 5.88 Å². The van der Waals surface area contributed by atoms with Gasteiger partial charge in [0.2, 0.25) is 11.8 Å². The second-order valence-electron chi connectivity index (χ2n) is 9.00. The number of carbonyl (C=O) groups is 2. The smallest absolute Gasteiger partial charge is 0.330 e. The largest absolute Gasteiger partial charge is 0.481 e. The number of hydrogen-bond donors (Lipinski definition) is 0. The predicted octanol–water partition coefficient (Wildman–Crippen LogP) is 6.06. The summed E-state index contributed by atoms with van der Waals surface area (Å²) in [5.41, 5.74) is 4.75. The van der Waals surface area contributed by atoms with Gasteiger partial charge >= 0.3 is 5.97 Å². The zero-order chi connectivity index (χ0) is 25.3. The number of amides is 1. The zero-order valence-corrected chi connectivity index (χ0v) is 20.9. The van der Waals surface area contributed by atoms with Gasteiger partial charge in [-0.2, -0.15) is 0 Å². The minimum Gasteiger partial charge on any atom is -0.481 e. The third-order valence-electron chi connectivity index (χ3n) is 6.59. The van der Waals surface area contributed by atoms with Gasteiger partial charge in [-0.25, -0.2) is 9.78 Å². The lowest BCUT2D eigenvalue weighted by Gasteiger charge is -2.30. The molecule has 0 radical (unpaired) electrons. The van der Waals surface area contributed by atoms with E-state index in [-0.39, 0.29) is 11.8 Å². The van der Waals surface area contributed by atoms with Crippen LogP contribution in [0.1, 0.15) is 43.2 Å². The van der Waals surface area contributed by atoms with Crippen molar-refractivity contribution in [2.24, 2.45) is 5.92 Å². The highest BCUT2D eigenvalue weighted by atomic mass is 16.5. The molecule has 6 heteroatoms.